The maximum absolute atomic E-state index is 6.45. The second-order valence-electron chi connectivity index (χ2n) is 5.68. The smallest absolute Gasteiger partial charge is 0.0594 e. The van der Waals surface area contributed by atoms with Crippen LogP contribution in [-0.4, -0.2) is 31.2 Å². The van der Waals surface area contributed by atoms with E-state index in [2.05, 4.69) is 22.3 Å². The van der Waals surface area contributed by atoms with Crippen LogP contribution in [0.3, 0.4) is 0 Å². The van der Waals surface area contributed by atoms with Crippen molar-refractivity contribution in [1.29, 1.82) is 0 Å². The van der Waals surface area contributed by atoms with E-state index < -0.39 is 0 Å². The maximum atomic E-state index is 6.45. The van der Waals surface area contributed by atoms with Gasteiger partial charge in [-0.2, -0.15) is 0 Å². The van der Waals surface area contributed by atoms with E-state index >= 15 is 0 Å². The third-order valence-electron chi connectivity index (χ3n) is 3.94. The molecule has 1 aliphatic rings. The van der Waals surface area contributed by atoms with Crippen molar-refractivity contribution in [2.24, 2.45) is 0 Å². The summed E-state index contributed by atoms with van der Waals surface area (Å²) >= 11 is 12.4. The monoisotopic (exact) mass is 350 g/mol. The van der Waals surface area contributed by atoms with Crippen molar-refractivity contribution in [2.45, 2.75) is 13.1 Å². The van der Waals surface area contributed by atoms with Gasteiger partial charge in [0.15, 0.2) is 0 Å². The zero-order chi connectivity index (χ0) is 16.1. The van der Waals surface area contributed by atoms with E-state index in [9.17, 15) is 0 Å². The molecule has 0 saturated carbocycles. The number of ether oxygens (including phenoxy) is 1. The van der Waals surface area contributed by atoms with E-state index in [-0.39, 0.29) is 0 Å². The van der Waals surface area contributed by atoms with Crippen molar-refractivity contribution in [3.63, 3.8) is 0 Å². The molecular weight excluding hydrogens is 331 g/mol. The minimum Gasteiger partial charge on any atom is -0.381 e. The zero-order valence-corrected chi connectivity index (χ0v) is 14.4. The van der Waals surface area contributed by atoms with E-state index in [0.29, 0.717) is 0 Å². The average molecular weight is 351 g/mol. The van der Waals surface area contributed by atoms with Crippen molar-refractivity contribution in [3.8, 4) is 0 Å². The molecule has 23 heavy (non-hydrogen) atoms. The molecule has 5 heteroatoms. The Labute approximate surface area is 147 Å². The molecule has 2 aromatic carbocycles. The third-order valence-corrected chi connectivity index (χ3v) is 4.52. The van der Waals surface area contributed by atoms with Gasteiger partial charge < -0.3 is 10.1 Å². The lowest BCUT2D eigenvalue weighted by atomic mass is 10.1. The van der Waals surface area contributed by atoms with Crippen LogP contribution in [0.25, 0.3) is 0 Å². The molecule has 3 nitrogen and oxygen atoms in total. The SMILES string of the molecule is Clc1cccc(NCc2ccc(CN3CCOCC3)c(Cl)c2)c1. The molecule has 122 valence electrons. The molecule has 1 fully saturated rings. The van der Waals surface area contributed by atoms with Crippen LogP contribution in [0, 0.1) is 0 Å². The van der Waals surface area contributed by atoms with Crippen LogP contribution in [0.15, 0.2) is 42.5 Å². The second kappa shape index (κ2) is 8.02. The first-order valence-electron chi connectivity index (χ1n) is 7.77. The minimum absolute atomic E-state index is 0.720. The van der Waals surface area contributed by atoms with Crippen molar-refractivity contribution >= 4 is 28.9 Å². The predicted molar refractivity (Wildman–Crippen MR) is 96.3 cm³/mol. The van der Waals surface area contributed by atoms with Crippen LogP contribution < -0.4 is 5.32 Å². The predicted octanol–water partition coefficient (Wildman–Crippen LogP) is 4.44. The van der Waals surface area contributed by atoms with E-state index in [1.165, 1.54) is 5.56 Å². The molecule has 2 aromatic rings. The van der Waals surface area contributed by atoms with Crippen molar-refractivity contribution < 1.29 is 4.74 Å². The van der Waals surface area contributed by atoms with Gasteiger partial charge >= 0.3 is 0 Å². The van der Waals surface area contributed by atoms with E-state index in [1.807, 2.05) is 30.3 Å². The van der Waals surface area contributed by atoms with Crippen molar-refractivity contribution in [2.75, 3.05) is 31.6 Å². The van der Waals surface area contributed by atoms with Gasteiger partial charge in [0.1, 0.15) is 0 Å². The summed E-state index contributed by atoms with van der Waals surface area (Å²) in [5, 5.41) is 4.91. The molecule has 0 aromatic heterocycles. The summed E-state index contributed by atoms with van der Waals surface area (Å²) in [5.74, 6) is 0. The Morgan fingerprint density at radius 3 is 2.61 bits per heavy atom. The maximum Gasteiger partial charge on any atom is 0.0594 e. The highest BCUT2D eigenvalue weighted by atomic mass is 35.5. The van der Waals surface area contributed by atoms with Gasteiger partial charge in [0.05, 0.1) is 13.2 Å². The van der Waals surface area contributed by atoms with Crippen LogP contribution in [0.1, 0.15) is 11.1 Å². The van der Waals surface area contributed by atoms with Gasteiger partial charge in [-0.3, -0.25) is 4.90 Å². The molecule has 0 unspecified atom stereocenters. The first-order valence-corrected chi connectivity index (χ1v) is 8.53. The minimum atomic E-state index is 0.720. The zero-order valence-electron chi connectivity index (χ0n) is 12.9. The number of nitrogens with one attached hydrogen (secondary N) is 1. The van der Waals surface area contributed by atoms with Crippen LogP contribution in [0.2, 0.25) is 10.0 Å². The number of rotatable bonds is 5. The fraction of sp³-hybridized carbons (Fsp3) is 0.333. The van der Waals surface area contributed by atoms with Crippen molar-refractivity contribution in [3.05, 3.63) is 63.6 Å². The Balaban J connectivity index is 1.60. The lowest BCUT2D eigenvalue weighted by Gasteiger charge is -2.27. The van der Waals surface area contributed by atoms with Crippen LogP contribution in [0.5, 0.6) is 0 Å². The Kier molecular flexibility index (Phi) is 5.79. The number of halogens is 2. The van der Waals surface area contributed by atoms with Crippen LogP contribution in [0.4, 0.5) is 5.69 Å². The quantitative estimate of drug-likeness (QED) is 0.862. The summed E-state index contributed by atoms with van der Waals surface area (Å²) in [6.07, 6.45) is 0. The molecule has 0 amide bonds. The molecule has 1 heterocycles. The lowest BCUT2D eigenvalue weighted by molar-refractivity contribution is 0.0342. The molecule has 1 N–H and O–H groups in total. The summed E-state index contributed by atoms with van der Waals surface area (Å²) < 4.78 is 5.38. The highest BCUT2D eigenvalue weighted by Gasteiger charge is 2.12. The molecule has 0 spiro atoms. The van der Waals surface area contributed by atoms with E-state index in [1.54, 1.807) is 0 Å². The highest BCUT2D eigenvalue weighted by Crippen LogP contribution is 2.21. The molecule has 0 bridgehead atoms. The first kappa shape index (κ1) is 16.6. The fourth-order valence-corrected chi connectivity index (χ4v) is 3.08. The fourth-order valence-electron chi connectivity index (χ4n) is 2.63. The molecule has 0 radical (unpaired) electrons. The van der Waals surface area contributed by atoms with Gasteiger partial charge in [0.25, 0.3) is 0 Å². The topological polar surface area (TPSA) is 24.5 Å². The Morgan fingerprint density at radius 1 is 1.04 bits per heavy atom. The molecule has 1 aliphatic heterocycles. The molecule has 3 rings (SSSR count). The standard InChI is InChI=1S/C18H20Cl2N2O/c19-16-2-1-3-17(11-16)21-12-14-4-5-15(18(20)10-14)13-22-6-8-23-9-7-22/h1-5,10-11,21H,6-9,12-13H2. The van der Waals surface area contributed by atoms with Gasteiger partial charge in [-0.15, -0.1) is 0 Å². The lowest BCUT2D eigenvalue weighted by Crippen LogP contribution is -2.35. The Hall–Kier alpha value is -1.26. The number of hydrogen-bond donors (Lipinski definition) is 1. The van der Waals surface area contributed by atoms with Crippen LogP contribution >= 0.6 is 23.2 Å². The number of benzene rings is 2. The third kappa shape index (κ3) is 4.85. The van der Waals surface area contributed by atoms with Gasteiger partial charge in [-0.1, -0.05) is 41.4 Å². The summed E-state index contributed by atoms with van der Waals surface area (Å²) in [6, 6.07) is 14.0. The molecular formula is C18H20Cl2N2O. The van der Waals surface area contributed by atoms with Gasteiger partial charge in [0.2, 0.25) is 0 Å². The van der Waals surface area contributed by atoms with Crippen molar-refractivity contribution in [1.82, 2.24) is 4.90 Å². The van der Waals surface area contributed by atoms with Crippen LogP contribution in [-0.2, 0) is 17.8 Å². The van der Waals surface area contributed by atoms with E-state index in [0.717, 1.165) is 60.7 Å². The second-order valence-corrected chi connectivity index (χ2v) is 6.52. The normalized spacial score (nSPS) is 15.6. The first-order chi connectivity index (χ1) is 11.2. The summed E-state index contributed by atoms with van der Waals surface area (Å²) in [5.41, 5.74) is 3.33. The largest absolute Gasteiger partial charge is 0.381 e. The Bertz CT molecular complexity index is 657. The number of anilines is 1. The summed E-state index contributed by atoms with van der Waals surface area (Å²) in [4.78, 5) is 2.37. The molecule has 0 aliphatic carbocycles. The number of nitrogens with zero attached hydrogens (tertiary/aromatic N) is 1. The highest BCUT2D eigenvalue weighted by molar-refractivity contribution is 6.31. The number of hydrogen-bond acceptors (Lipinski definition) is 3. The summed E-state index contributed by atoms with van der Waals surface area (Å²) in [7, 11) is 0. The van der Waals surface area contributed by atoms with Gasteiger partial charge in [0, 0.05) is 41.9 Å². The average Bonchev–Trinajstić information content (AvgIpc) is 2.56. The van der Waals surface area contributed by atoms with Gasteiger partial charge in [-0.25, -0.2) is 0 Å². The molecule has 1 saturated heterocycles. The summed E-state index contributed by atoms with van der Waals surface area (Å²) in [6.45, 7) is 5.14. The van der Waals surface area contributed by atoms with E-state index in [4.69, 9.17) is 27.9 Å². The molecule has 0 atom stereocenters. The Morgan fingerprint density at radius 2 is 1.87 bits per heavy atom. The van der Waals surface area contributed by atoms with Gasteiger partial charge in [-0.05, 0) is 35.4 Å². The number of morpholine rings is 1.